The van der Waals surface area contributed by atoms with E-state index in [4.69, 9.17) is 10.8 Å². The van der Waals surface area contributed by atoms with E-state index in [1.807, 2.05) is 0 Å². The Bertz CT molecular complexity index is 352. The summed E-state index contributed by atoms with van der Waals surface area (Å²) in [5.74, 6) is -1.79. The molecule has 0 aromatic carbocycles. The number of hydrogen-bond acceptors (Lipinski definition) is 3. The second kappa shape index (κ2) is 3.71. The van der Waals surface area contributed by atoms with Crippen LogP contribution in [0.25, 0.3) is 0 Å². The summed E-state index contributed by atoms with van der Waals surface area (Å²) in [6.45, 7) is 1.46. The van der Waals surface area contributed by atoms with Crippen LogP contribution in [-0.2, 0) is 10.3 Å². The van der Waals surface area contributed by atoms with E-state index in [0.29, 0.717) is 0 Å². The molecule has 0 aliphatic heterocycles. The van der Waals surface area contributed by atoms with Gasteiger partial charge in [0.25, 0.3) is 0 Å². The van der Waals surface area contributed by atoms with Crippen LogP contribution in [0.3, 0.4) is 0 Å². The number of pyridine rings is 1. The molecule has 0 spiro atoms. The topological polar surface area (TPSA) is 76.2 Å². The molecule has 0 radical (unpaired) electrons. The zero-order chi connectivity index (χ0) is 10.8. The molecule has 0 aliphatic carbocycles. The molecule has 0 aliphatic rings. The fourth-order valence-electron chi connectivity index (χ4n) is 1.22. The van der Waals surface area contributed by atoms with Crippen molar-refractivity contribution >= 4 is 5.97 Å². The van der Waals surface area contributed by atoms with E-state index >= 15 is 0 Å². The first-order valence-electron chi connectivity index (χ1n) is 4.05. The number of aromatic nitrogens is 1. The summed E-state index contributed by atoms with van der Waals surface area (Å²) in [7, 11) is 0. The Hall–Kier alpha value is -1.49. The molecule has 1 aromatic heterocycles. The molecule has 14 heavy (non-hydrogen) atoms. The molecule has 0 amide bonds. The largest absolute Gasteiger partial charge is 0.481 e. The average molecular weight is 198 g/mol. The number of aliphatic carboxylic acids is 1. The molecule has 0 bridgehead atoms. The Morgan fingerprint density at radius 2 is 2.43 bits per heavy atom. The number of carbonyl (C=O) groups is 1. The van der Waals surface area contributed by atoms with Crippen molar-refractivity contribution in [3.8, 4) is 0 Å². The van der Waals surface area contributed by atoms with Gasteiger partial charge in [-0.05, 0) is 13.0 Å². The van der Waals surface area contributed by atoms with Gasteiger partial charge in [-0.3, -0.25) is 4.79 Å². The van der Waals surface area contributed by atoms with Gasteiger partial charge in [0.15, 0.2) is 0 Å². The van der Waals surface area contributed by atoms with Crippen molar-refractivity contribution in [1.82, 2.24) is 4.98 Å². The smallest absolute Gasteiger partial charge is 0.305 e. The second-order valence-electron chi connectivity index (χ2n) is 3.33. The van der Waals surface area contributed by atoms with Gasteiger partial charge in [-0.1, -0.05) is 6.07 Å². The summed E-state index contributed by atoms with van der Waals surface area (Å²) >= 11 is 0. The molecule has 1 heterocycles. The lowest BCUT2D eigenvalue weighted by Crippen LogP contribution is -2.36. The predicted octanol–water partition coefficient (Wildman–Crippen LogP) is 0.869. The molecule has 4 nitrogen and oxygen atoms in total. The van der Waals surface area contributed by atoms with E-state index < -0.39 is 17.5 Å². The molecular weight excluding hydrogens is 187 g/mol. The monoisotopic (exact) mass is 198 g/mol. The molecule has 1 rings (SSSR count). The third kappa shape index (κ3) is 2.26. The third-order valence-electron chi connectivity index (χ3n) is 1.89. The van der Waals surface area contributed by atoms with Crippen LogP contribution in [0.4, 0.5) is 4.39 Å². The van der Waals surface area contributed by atoms with Crippen molar-refractivity contribution in [3.05, 3.63) is 29.8 Å². The molecule has 1 aromatic rings. The van der Waals surface area contributed by atoms with E-state index in [2.05, 4.69) is 4.98 Å². The van der Waals surface area contributed by atoms with Gasteiger partial charge in [-0.15, -0.1) is 0 Å². The molecule has 76 valence electrons. The minimum Gasteiger partial charge on any atom is -0.481 e. The lowest BCUT2D eigenvalue weighted by atomic mass is 9.91. The number of halogens is 1. The maximum atomic E-state index is 13.2. The Kier molecular flexibility index (Phi) is 2.81. The zero-order valence-electron chi connectivity index (χ0n) is 7.70. The minimum atomic E-state index is -1.23. The van der Waals surface area contributed by atoms with E-state index in [-0.39, 0.29) is 12.0 Å². The van der Waals surface area contributed by atoms with Gasteiger partial charge in [0.05, 0.1) is 12.0 Å². The number of rotatable bonds is 3. The molecule has 0 unspecified atom stereocenters. The molecule has 0 fully saturated rings. The lowest BCUT2D eigenvalue weighted by molar-refractivity contribution is -0.138. The summed E-state index contributed by atoms with van der Waals surface area (Å²) < 4.78 is 13.2. The van der Waals surface area contributed by atoms with Crippen LogP contribution in [0.1, 0.15) is 18.9 Å². The van der Waals surface area contributed by atoms with E-state index in [9.17, 15) is 9.18 Å². The summed E-state index contributed by atoms with van der Waals surface area (Å²) in [4.78, 5) is 13.9. The van der Waals surface area contributed by atoms with E-state index in [1.165, 1.54) is 25.3 Å². The molecule has 5 heteroatoms. The van der Waals surface area contributed by atoms with Crippen molar-refractivity contribution in [2.45, 2.75) is 18.9 Å². The molecular formula is C9H11FN2O2. The highest BCUT2D eigenvalue weighted by molar-refractivity contribution is 5.68. The molecule has 1 atom stereocenters. The average Bonchev–Trinajstić information content (AvgIpc) is 2.02. The van der Waals surface area contributed by atoms with E-state index in [0.717, 1.165) is 0 Å². The van der Waals surface area contributed by atoms with Crippen LogP contribution in [0.5, 0.6) is 0 Å². The van der Waals surface area contributed by atoms with Crippen LogP contribution in [0, 0.1) is 5.95 Å². The molecule has 3 N–H and O–H groups in total. The maximum Gasteiger partial charge on any atom is 0.305 e. The number of nitrogens with zero attached hydrogens (tertiary/aromatic N) is 1. The summed E-state index contributed by atoms with van der Waals surface area (Å²) in [5, 5.41) is 8.58. The van der Waals surface area contributed by atoms with Gasteiger partial charge in [0.2, 0.25) is 5.95 Å². The summed E-state index contributed by atoms with van der Waals surface area (Å²) in [6, 6.07) is 2.96. The highest BCUT2D eigenvalue weighted by Gasteiger charge is 2.27. The Balaban J connectivity index is 3.03. The van der Waals surface area contributed by atoms with E-state index in [1.54, 1.807) is 0 Å². The fraction of sp³-hybridized carbons (Fsp3) is 0.333. The van der Waals surface area contributed by atoms with Crippen molar-refractivity contribution < 1.29 is 14.3 Å². The Labute approximate surface area is 80.6 Å². The first kappa shape index (κ1) is 10.6. The number of nitrogens with two attached hydrogens (primary N) is 1. The van der Waals surface area contributed by atoms with Gasteiger partial charge in [0.1, 0.15) is 0 Å². The summed E-state index contributed by atoms with van der Waals surface area (Å²) in [5.41, 5.74) is 4.56. The number of hydrogen-bond donors (Lipinski definition) is 2. The highest BCUT2D eigenvalue weighted by atomic mass is 19.1. The maximum absolute atomic E-state index is 13.2. The first-order chi connectivity index (χ1) is 6.43. The highest BCUT2D eigenvalue weighted by Crippen LogP contribution is 2.22. The van der Waals surface area contributed by atoms with Crippen molar-refractivity contribution in [2.75, 3.05) is 0 Å². The van der Waals surface area contributed by atoms with Gasteiger partial charge in [0, 0.05) is 11.8 Å². The molecule has 0 saturated carbocycles. The van der Waals surface area contributed by atoms with Crippen LogP contribution < -0.4 is 5.73 Å². The van der Waals surface area contributed by atoms with Crippen LogP contribution >= 0.6 is 0 Å². The van der Waals surface area contributed by atoms with Gasteiger partial charge in [-0.25, -0.2) is 4.98 Å². The number of carboxylic acid groups (broad SMARTS) is 1. The van der Waals surface area contributed by atoms with Crippen molar-refractivity contribution in [1.29, 1.82) is 0 Å². The van der Waals surface area contributed by atoms with Crippen molar-refractivity contribution in [3.63, 3.8) is 0 Å². The Morgan fingerprint density at radius 3 is 2.93 bits per heavy atom. The van der Waals surface area contributed by atoms with Gasteiger partial charge >= 0.3 is 5.97 Å². The normalized spacial score (nSPS) is 14.8. The Morgan fingerprint density at radius 1 is 1.79 bits per heavy atom. The third-order valence-corrected chi connectivity index (χ3v) is 1.89. The zero-order valence-corrected chi connectivity index (χ0v) is 7.70. The standard InChI is InChI=1S/C9H11FN2O2/c1-9(11,5-7(13)14)6-3-2-4-12-8(6)10/h2-4H,5,11H2,1H3,(H,13,14)/t9-/m1/s1. The van der Waals surface area contributed by atoms with Crippen LogP contribution in [0.2, 0.25) is 0 Å². The number of carboxylic acids is 1. The fourth-order valence-corrected chi connectivity index (χ4v) is 1.22. The molecule has 0 saturated heterocycles. The van der Waals surface area contributed by atoms with Crippen molar-refractivity contribution in [2.24, 2.45) is 5.73 Å². The van der Waals surface area contributed by atoms with Gasteiger partial charge < -0.3 is 10.8 Å². The first-order valence-corrected chi connectivity index (χ1v) is 4.05. The lowest BCUT2D eigenvalue weighted by Gasteiger charge is -2.22. The van der Waals surface area contributed by atoms with Crippen LogP contribution in [0.15, 0.2) is 18.3 Å². The second-order valence-corrected chi connectivity index (χ2v) is 3.33. The predicted molar refractivity (Wildman–Crippen MR) is 48.0 cm³/mol. The SMILES string of the molecule is C[C@@](N)(CC(=O)O)c1cccnc1F. The van der Waals surface area contributed by atoms with Crippen LogP contribution in [-0.4, -0.2) is 16.1 Å². The summed E-state index contributed by atoms with van der Waals surface area (Å²) in [6.07, 6.45) is 0.950. The van der Waals surface area contributed by atoms with Gasteiger partial charge in [-0.2, -0.15) is 4.39 Å². The minimum absolute atomic E-state index is 0.113. The quantitative estimate of drug-likeness (QED) is 0.706.